The first-order chi connectivity index (χ1) is 14.0. The van der Waals surface area contributed by atoms with Crippen molar-refractivity contribution in [1.82, 2.24) is 4.68 Å². The molecule has 0 aliphatic heterocycles. The normalized spacial score (nSPS) is 12.3. The molecule has 0 radical (unpaired) electrons. The van der Waals surface area contributed by atoms with E-state index in [0.29, 0.717) is 11.5 Å². The average Bonchev–Trinajstić information content (AvgIpc) is 3.15. The minimum atomic E-state index is 0.691. The van der Waals surface area contributed by atoms with Crippen molar-refractivity contribution in [2.24, 2.45) is 10.1 Å². The zero-order valence-corrected chi connectivity index (χ0v) is 18.6. The van der Waals surface area contributed by atoms with Gasteiger partial charge in [-0.05, 0) is 55.7 Å². The standard InChI is InChI=1S/C23H27N3O2S/c1-7-19(17-10-11-21(27-5)22(13-17)28-6)25-26-20(14-29-23(26)24-4)18-9-8-15(2)16(3)12-18/h8-14H,7H2,1-6H3. The molecule has 0 amide bonds. The molecule has 0 saturated carbocycles. The lowest BCUT2D eigenvalue weighted by Gasteiger charge is -2.12. The van der Waals surface area contributed by atoms with Gasteiger partial charge in [0.1, 0.15) is 0 Å². The molecule has 3 rings (SSSR count). The van der Waals surface area contributed by atoms with Gasteiger partial charge in [-0.2, -0.15) is 5.10 Å². The second kappa shape index (κ2) is 9.09. The molecule has 1 heterocycles. The van der Waals surface area contributed by atoms with E-state index in [2.05, 4.69) is 49.3 Å². The minimum Gasteiger partial charge on any atom is -0.493 e. The van der Waals surface area contributed by atoms with Crippen molar-refractivity contribution in [1.29, 1.82) is 0 Å². The number of nitrogens with zero attached hydrogens (tertiary/aromatic N) is 3. The molecule has 2 aromatic carbocycles. The first-order valence-electron chi connectivity index (χ1n) is 9.53. The molecule has 5 nitrogen and oxygen atoms in total. The highest BCUT2D eigenvalue weighted by molar-refractivity contribution is 7.07. The molecule has 0 bridgehead atoms. The van der Waals surface area contributed by atoms with Gasteiger partial charge in [-0.15, -0.1) is 11.3 Å². The van der Waals surface area contributed by atoms with Crippen LogP contribution in [-0.4, -0.2) is 31.7 Å². The van der Waals surface area contributed by atoms with E-state index in [9.17, 15) is 0 Å². The summed E-state index contributed by atoms with van der Waals surface area (Å²) in [5, 5.41) is 7.10. The Morgan fingerprint density at radius 3 is 2.38 bits per heavy atom. The first-order valence-corrected chi connectivity index (χ1v) is 10.4. The van der Waals surface area contributed by atoms with Crippen LogP contribution < -0.4 is 14.3 Å². The molecule has 0 aliphatic rings. The van der Waals surface area contributed by atoms with Crippen LogP contribution in [0.4, 0.5) is 0 Å². The third-order valence-electron chi connectivity index (χ3n) is 4.95. The van der Waals surface area contributed by atoms with Crippen molar-refractivity contribution in [3.8, 4) is 22.8 Å². The number of benzene rings is 2. The number of thiazole rings is 1. The van der Waals surface area contributed by atoms with Crippen molar-refractivity contribution < 1.29 is 9.47 Å². The molecule has 0 atom stereocenters. The van der Waals surface area contributed by atoms with E-state index < -0.39 is 0 Å². The van der Waals surface area contributed by atoms with Gasteiger partial charge in [-0.3, -0.25) is 4.99 Å². The Balaban J connectivity index is 2.15. The van der Waals surface area contributed by atoms with Gasteiger partial charge in [0, 0.05) is 23.6 Å². The molecule has 1 aromatic heterocycles. The van der Waals surface area contributed by atoms with Crippen molar-refractivity contribution in [3.05, 3.63) is 63.3 Å². The zero-order valence-electron chi connectivity index (χ0n) is 17.8. The van der Waals surface area contributed by atoms with Gasteiger partial charge in [-0.1, -0.05) is 19.1 Å². The number of aryl methyl sites for hydroxylation is 2. The summed E-state index contributed by atoms with van der Waals surface area (Å²) < 4.78 is 12.8. The lowest BCUT2D eigenvalue weighted by atomic mass is 10.0. The fourth-order valence-electron chi connectivity index (χ4n) is 3.12. The summed E-state index contributed by atoms with van der Waals surface area (Å²) in [4.78, 5) is 5.28. The largest absolute Gasteiger partial charge is 0.493 e. The quantitative estimate of drug-likeness (QED) is 0.535. The molecule has 0 N–H and O–H groups in total. The Hall–Kier alpha value is -2.86. The Morgan fingerprint density at radius 2 is 1.76 bits per heavy atom. The molecular weight excluding hydrogens is 382 g/mol. The van der Waals surface area contributed by atoms with Crippen LogP contribution in [0.3, 0.4) is 0 Å². The fraction of sp³-hybridized carbons (Fsp3) is 0.304. The van der Waals surface area contributed by atoms with Crippen LogP contribution in [0.5, 0.6) is 11.5 Å². The van der Waals surface area contributed by atoms with Crippen molar-refractivity contribution in [2.45, 2.75) is 27.2 Å². The smallest absolute Gasteiger partial charge is 0.205 e. The molecule has 0 aliphatic carbocycles. The Morgan fingerprint density at radius 1 is 1.00 bits per heavy atom. The molecule has 152 valence electrons. The summed E-state index contributed by atoms with van der Waals surface area (Å²) >= 11 is 1.59. The second-order valence-electron chi connectivity index (χ2n) is 6.71. The maximum Gasteiger partial charge on any atom is 0.205 e. The van der Waals surface area contributed by atoms with Crippen LogP contribution in [0.2, 0.25) is 0 Å². The van der Waals surface area contributed by atoms with Crippen LogP contribution >= 0.6 is 11.3 Å². The highest BCUT2D eigenvalue weighted by Crippen LogP contribution is 2.29. The Labute approximate surface area is 176 Å². The predicted molar refractivity (Wildman–Crippen MR) is 120 cm³/mol. The molecule has 0 fully saturated rings. The van der Waals surface area contributed by atoms with Crippen molar-refractivity contribution >= 4 is 17.0 Å². The SMILES string of the molecule is CCC(=Nn1c(-c2ccc(C)c(C)c2)csc1=NC)c1ccc(OC)c(OC)c1. The van der Waals surface area contributed by atoms with Gasteiger partial charge in [0.15, 0.2) is 11.5 Å². The van der Waals surface area contributed by atoms with Gasteiger partial charge in [0.25, 0.3) is 0 Å². The monoisotopic (exact) mass is 409 g/mol. The van der Waals surface area contributed by atoms with Crippen LogP contribution in [0, 0.1) is 13.8 Å². The van der Waals surface area contributed by atoms with Crippen LogP contribution in [0.1, 0.15) is 30.0 Å². The number of hydrogen-bond donors (Lipinski definition) is 0. The molecule has 6 heteroatoms. The third kappa shape index (κ3) is 4.27. The third-order valence-corrected chi connectivity index (χ3v) is 5.86. The molecule has 0 unspecified atom stereocenters. The predicted octanol–water partition coefficient (Wildman–Crippen LogP) is 5.04. The van der Waals surface area contributed by atoms with E-state index in [1.165, 1.54) is 11.1 Å². The van der Waals surface area contributed by atoms with Crippen molar-refractivity contribution in [3.63, 3.8) is 0 Å². The van der Waals surface area contributed by atoms with E-state index in [1.54, 1.807) is 32.6 Å². The van der Waals surface area contributed by atoms with Gasteiger partial charge < -0.3 is 9.47 Å². The summed E-state index contributed by atoms with van der Waals surface area (Å²) in [5.74, 6) is 1.39. The number of rotatable bonds is 6. The van der Waals surface area contributed by atoms with E-state index in [0.717, 1.165) is 33.8 Å². The number of methoxy groups -OCH3 is 2. The lowest BCUT2D eigenvalue weighted by molar-refractivity contribution is 0.355. The molecule has 29 heavy (non-hydrogen) atoms. The summed E-state index contributed by atoms with van der Waals surface area (Å²) in [5.41, 5.74) is 6.64. The van der Waals surface area contributed by atoms with Crippen LogP contribution in [0.25, 0.3) is 11.3 Å². The maximum atomic E-state index is 5.47. The molecule has 0 saturated heterocycles. The summed E-state index contributed by atoms with van der Waals surface area (Å²) in [6.45, 7) is 6.35. The topological polar surface area (TPSA) is 48.1 Å². The summed E-state index contributed by atoms with van der Waals surface area (Å²) in [7, 11) is 5.08. The molecule has 0 spiro atoms. The van der Waals surface area contributed by atoms with Crippen LogP contribution in [-0.2, 0) is 0 Å². The van der Waals surface area contributed by atoms with Gasteiger partial charge in [0.05, 0.1) is 25.6 Å². The van der Waals surface area contributed by atoms with Gasteiger partial charge >= 0.3 is 0 Å². The second-order valence-corrected chi connectivity index (χ2v) is 7.54. The fourth-order valence-corrected chi connectivity index (χ4v) is 3.91. The Kier molecular flexibility index (Phi) is 6.54. The van der Waals surface area contributed by atoms with E-state index >= 15 is 0 Å². The van der Waals surface area contributed by atoms with Gasteiger partial charge in [-0.25, -0.2) is 4.68 Å². The van der Waals surface area contributed by atoms with Crippen LogP contribution in [0.15, 0.2) is 51.9 Å². The average molecular weight is 410 g/mol. The lowest BCUT2D eigenvalue weighted by Crippen LogP contribution is -2.15. The highest BCUT2D eigenvalue weighted by Gasteiger charge is 2.12. The number of ether oxygens (including phenoxy) is 2. The summed E-state index contributed by atoms with van der Waals surface area (Å²) in [6.07, 6.45) is 0.772. The highest BCUT2D eigenvalue weighted by atomic mass is 32.1. The first kappa shape index (κ1) is 20.9. The van der Waals surface area contributed by atoms with Gasteiger partial charge in [0.2, 0.25) is 4.80 Å². The number of aromatic nitrogens is 1. The molecular formula is C23H27N3O2S. The van der Waals surface area contributed by atoms with E-state index in [4.69, 9.17) is 14.6 Å². The minimum absolute atomic E-state index is 0.691. The zero-order chi connectivity index (χ0) is 21.0. The number of hydrogen-bond acceptors (Lipinski definition) is 5. The maximum absolute atomic E-state index is 5.47. The Bertz CT molecular complexity index is 1110. The molecule has 3 aromatic rings. The summed E-state index contributed by atoms with van der Waals surface area (Å²) in [6, 6.07) is 12.4. The van der Waals surface area contributed by atoms with Crippen molar-refractivity contribution in [2.75, 3.05) is 21.3 Å². The van der Waals surface area contributed by atoms with E-state index in [1.807, 2.05) is 22.9 Å². The van der Waals surface area contributed by atoms with E-state index in [-0.39, 0.29) is 0 Å².